The summed E-state index contributed by atoms with van der Waals surface area (Å²) in [5.41, 5.74) is 7.16. The number of hydrogen-bond acceptors (Lipinski definition) is 3. The smallest absolute Gasteiger partial charge is 0.241 e. The first-order valence-corrected chi connectivity index (χ1v) is 10.4. The number of carbonyl (C=O) groups is 2. The third-order valence-electron chi connectivity index (χ3n) is 6.20. The fraction of sp³-hybridized carbons (Fsp3) is 0.636. The minimum absolute atomic E-state index is 0.118. The molecule has 1 heterocycles. The second-order valence-corrected chi connectivity index (χ2v) is 8.99. The van der Waals surface area contributed by atoms with Gasteiger partial charge in [0.05, 0.1) is 0 Å². The summed E-state index contributed by atoms with van der Waals surface area (Å²) < 4.78 is 13.7. The number of nitrogens with zero attached hydrogens (tertiary/aromatic N) is 1. The van der Waals surface area contributed by atoms with Crippen molar-refractivity contribution in [3.05, 3.63) is 29.6 Å². The first-order valence-electron chi connectivity index (χ1n) is 10.4. The Bertz CT molecular complexity index is 728. The molecule has 154 valence electrons. The maximum absolute atomic E-state index is 13.7. The zero-order valence-electron chi connectivity index (χ0n) is 17.0. The number of carbonyl (C=O) groups excluding carboxylic acids is 2. The van der Waals surface area contributed by atoms with Crippen LogP contribution in [0.1, 0.15) is 64.4 Å². The lowest BCUT2D eigenvalue weighted by atomic mass is 9.86. The highest BCUT2D eigenvalue weighted by atomic mass is 19.1. The van der Waals surface area contributed by atoms with Crippen molar-refractivity contribution in [2.75, 3.05) is 18.0 Å². The Morgan fingerprint density at radius 1 is 1.29 bits per heavy atom. The standard InChI is InChI=1S/C22H32FN3O2/c1-22(2)14-26(19-10-9-16(23)12-17(19)22)13-18(21(24)28)25-20(27)11-8-15-6-4-3-5-7-15/h9-10,12,15,18H,3-8,11,13-14H2,1-2H3,(H2,24,28)(H,25,27). The molecule has 0 bridgehead atoms. The number of benzene rings is 1. The van der Waals surface area contributed by atoms with Gasteiger partial charge in [-0.3, -0.25) is 9.59 Å². The highest BCUT2D eigenvalue weighted by Gasteiger charge is 2.37. The van der Waals surface area contributed by atoms with Gasteiger partial charge < -0.3 is 16.0 Å². The van der Waals surface area contributed by atoms with Gasteiger partial charge in [-0.15, -0.1) is 0 Å². The second-order valence-electron chi connectivity index (χ2n) is 8.99. The quantitative estimate of drug-likeness (QED) is 0.752. The summed E-state index contributed by atoms with van der Waals surface area (Å²) in [5.74, 6) is -0.310. The minimum Gasteiger partial charge on any atom is -0.368 e. The lowest BCUT2D eigenvalue weighted by Gasteiger charge is -2.27. The van der Waals surface area contributed by atoms with E-state index in [0.717, 1.165) is 17.7 Å². The van der Waals surface area contributed by atoms with Crippen molar-refractivity contribution in [2.24, 2.45) is 11.7 Å². The lowest BCUT2D eigenvalue weighted by Crippen LogP contribution is -2.51. The topological polar surface area (TPSA) is 75.4 Å². The van der Waals surface area contributed by atoms with E-state index in [1.165, 1.54) is 38.2 Å². The van der Waals surface area contributed by atoms with E-state index >= 15 is 0 Å². The molecular formula is C22H32FN3O2. The van der Waals surface area contributed by atoms with Gasteiger partial charge in [-0.1, -0.05) is 46.0 Å². The van der Waals surface area contributed by atoms with E-state index < -0.39 is 11.9 Å². The van der Waals surface area contributed by atoms with Crippen LogP contribution in [-0.2, 0) is 15.0 Å². The number of amides is 2. The molecule has 0 radical (unpaired) electrons. The van der Waals surface area contributed by atoms with Crippen LogP contribution in [0, 0.1) is 11.7 Å². The van der Waals surface area contributed by atoms with Crippen molar-refractivity contribution in [3.63, 3.8) is 0 Å². The Labute approximate surface area is 166 Å². The molecule has 3 N–H and O–H groups in total. The highest BCUT2D eigenvalue weighted by molar-refractivity contribution is 5.87. The normalized spacial score (nSPS) is 19.9. The van der Waals surface area contributed by atoms with Crippen molar-refractivity contribution in [1.82, 2.24) is 5.32 Å². The van der Waals surface area contributed by atoms with Crippen LogP contribution >= 0.6 is 0 Å². The molecule has 1 saturated carbocycles. The van der Waals surface area contributed by atoms with E-state index in [2.05, 4.69) is 5.32 Å². The van der Waals surface area contributed by atoms with E-state index in [1.807, 2.05) is 18.7 Å². The van der Waals surface area contributed by atoms with Gasteiger partial charge in [0.1, 0.15) is 11.9 Å². The Balaban J connectivity index is 1.61. The predicted octanol–water partition coefficient (Wildman–Crippen LogP) is 3.25. The van der Waals surface area contributed by atoms with Crippen LogP contribution in [-0.4, -0.2) is 30.9 Å². The molecular weight excluding hydrogens is 357 g/mol. The number of hydrogen-bond donors (Lipinski definition) is 2. The van der Waals surface area contributed by atoms with Crippen molar-refractivity contribution in [2.45, 2.75) is 70.3 Å². The van der Waals surface area contributed by atoms with E-state index in [1.54, 1.807) is 12.1 Å². The molecule has 1 unspecified atom stereocenters. The molecule has 1 aromatic rings. The molecule has 1 aromatic carbocycles. The van der Waals surface area contributed by atoms with Crippen LogP contribution in [0.3, 0.4) is 0 Å². The monoisotopic (exact) mass is 389 g/mol. The van der Waals surface area contributed by atoms with Crippen molar-refractivity contribution < 1.29 is 14.0 Å². The Hall–Kier alpha value is -2.11. The van der Waals surface area contributed by atoms with Crippen molar-refractivity contribution >= 4 is 17.5 Å². The molecule has 1 aliphatic carbocycles. The number of anilines is 1. The van der Waals surface area contributed by atoms with Crippen LogP contribution in [0.15, 0.2) is 18.2 Å². The summed E-state index contributed by atoms with van der Waals surface area (Å²) in [7, 11) is 0. The van der Waals surface area contributed by atoms with E-state index in [9.17, 15) is 14.0 Å². The van der Waals surface area contributed by atoms with Gasteiger partial charge in [0.2, 0.25) is 11.8 Å². The number of nitrogens with two attached hydrogens (primary N) is 1. The fourth-order valence-corrected chi connectivity index (χ4v) is 4.64. The van der Waals surface area contributed by atoms with E-state index in [-0.39, 0.29) is 17.1 Å². The molecule has 0 saturated heterocycles. The zero-order chi connectivity index (χ0) is 20.3. The number of rotatable bonds is 7. The average Bonchev–Trinajstić information content (AvgIpc) is 2.90. The number of halogens is 1. The fourth-order valence-electron chi connectivity index (χ4n) is 4.64. The summed E-state index contributed by atoms with van der Waals surface area (Å²) in [4.78, 5) is 26.4. The van der Waals surface area contributed by atoms with Gasteiger partial charge >= 0.3 is 0 Å². The Morgan fingerprint density at radius 3 is 2.68 bits per heavy atom. The number of primary amides is 1. The van der Waals surface area contributed by atoms with Crippen LogP contribution < -0.4 is 16.0 Å². The molecule has 1 aliphatic heterocycles. The van der Waals surface area contributed by atoms with Crippen LogP contribution in [0.5, 0.6) is 0 Å². The predicted molar refractivity (Wildman–Crippen MR) is 109 cm³/mol. The van der Waals surface area contributed by atoms with Gasteiger partial charge in [0.25, 0.3) is 0 Å². The molecule has 0 aromatic heterocycles. The van der Waals surface area contributed by atoms with Gasteiger partial charge in [-0.2, -0.15) is 0 Å². The maximum Gasteiger partial charge on any atom is 0.241 e. The third kappa shape index (κ3) is 4.83. The molecule has 3 rings (SSSR count). The summed E-state index contributed by atoms with van der Waals surface area (Å²) in [6, 6.07) is 3.96. The van der Waals surface area contributed by atoms with Gasteiger partial charge in [0.15, 0.2) is 0 Å². The SMILES string of the molecule is CC1(C)CN(CC(NC(=O)CCC2CCCCC2)C(N)=O)c2ccc(F)cc21. The molecule has 6 heteroatoms. The Kier molecular flexibility index (Phi) is 6.26. The number of fused-ring (bicyclic) bond motifs is 1. The van der Waals surface area contributed by atoms with E-state index in [4.69, 9.17) is 5.73 Å². The first kappa shape index (κ1) is 20.6. The molecule has 5 nitrogen and oxygen atoms in total. The van der Waals surface area contributed by atoms with Crippen LogP contribution in [0.2, 0.25) is 0 Å². The van der Waals surface area contributed by atoms with Crippen LogP contribution in [0.25, 0.3) is 0 Å². The van der Waals surface area contributed by atoms with Crippen molar-refractivity contribution in [1.29, 1.82) is 0 Å². The Morgan fingerprint density at radius 2 is 2.00 bits per heavy atom. The molecule has 2 aliphatic rings. The molecule has 2 amide bonds. The highest BCUT2D eigenvalue weighted by Crippen LogP contribution is 2.40. The lowest BCUT2D eigenvalue weighted by molar-refractivity contribution is -0.127. The largest absolute Gasteiger partial charge is 0.368 e. The molecule has 1 atom stereocenters. The third-order valence-corrected chi connectivity index (χ3v) is 6.20. The molecule has 28 heavy (non-hydrogen) atoms. The average molecular weight is 390 g/mol. The van der Waals surface area contributed by atoms with Gasteiger partial charge in [0, 0.05) is 30.6 Å². The first-order chi connectivity index (χ1) is 13.3. The summed E-state index contributed by atoms with van der Waals surface area (Å²) >= 11 is 0. The summed E-state index contributed by atoms with van der Waals surface area (Å²) in [6.45, 7) is 5.04. The second kappa shape index (κ2) is 8.50. The molecule has 0 spiro atoms. The van der Waals surface area contributed by atoms with Crippen LogP contribution in [0.4, 0.5) is 10.1 Å². The molecule has 1 fully saturated rings. The minimum atomic E-state index is -0.759. The van der Waals surface area contributed by atoms with Crippen molar-refractivity contribution in [3.8, 4) is 0 Å². The van der Waals surface area contributed by atoms with Gasteiger partial charge in [-0.25, -0.2) is 4.39 Å². The van der Waals surface area contributed by atoms with Gasteiger partial charge in [-0.05, 0) is 36.1 Å². The summed E-state index contributed by atoms with van der Waals surface area (Å²) in [6.07, 6.45) is 7.50. The summed E-state index contributed by atoms with van der Waals surface area (Å²) in [5, 5.41) is 2.82. The number of nitrogens with one attached hydrogen (secondary N) is 1. The zero-order valence-corrected chi connectivity index (χ0v) is 17.0. The maximum atomic E-state index is 13.7. The van der Waals surface area contributed by atoms with E-state index in [0.29, 0.717) is 25.4 Å².